The van der Waals surface area contributed by atoms with E-state index in [-0.39, 0.29) is 16.3 Å². The molecule has 0 aliphatic carbocycles. The van der Waals surface area contributed by atoms with Gasteiger partial charge < -0.3 is 4.74 Å². The number of methoxy groups -OCH3 is 1. The number of nitro benzene ring substituents is 1. The first-order valence-electron chi connectivity index (χ1n) is 9.07. The van der Waals surface area contributed by atoms with Crippen LogP contribution in [0.25, 0.3) is 0 Å². The summed E-state index contributed by atoms with van der Waals surface area (Å²) in [6, 6.07) is 18.2. The fourth-order valence-electron chi connectivity index (χ4n) is 2.62. The molecule has 10 nitrogen and oxygen atoms in total. The summed E-state index contributed by atoms with van der Waals surface area (Å²) >= 11 is 0. The summed E-state index contributed by atoms with van der Waals surface area (Å²) in [5.74, 6) is 0.556. The van der Waals surface area contributed by atoms with Crippen molar-refractivity contribution in [3.05, 3.63) is 88.0 Å². The highest BCUT2D eigenvalue weighted by Gasteiger charge is 2.21. The van der Waals surface area contributed by atoms with Crippen LogP contribution in [0.2, 0.25) is 0 Å². The van der Waals surface area contributed by atoms with Crippen LogP contribution >= 0.6 is 0 Å². The summed E-state index contributed by atoms with van der Waals surface area (Å²) in [7, 11) is -2.58. The lowest BCUT2D eigenvalue weighted by molar-refractivity contribution is -0.384. The minimum absolute atomic E-state index is 0.0169. The van der Waals surface area contributed by atoms with Crippen LogP contribution in [0.5, 0.6) is 5.75 Å². The number of anilines is 2. The lowest BCUT2D eigenvalue weighted by Gasteiger charge is -2.10. The van der Waals surface area contributed by atoms with E-state index in [0.717, 1.165) is 6.07 Å². The number of nitrogens with one attached hydrogen (secondary N) is 2. The predicted molar refractivity (Wildman–Crippen MR) is 119 cm³/mol. The van der Waals surface area contributed by atoms with E-state index < -0.39 is 20.6 Å². The van der Waals surface area contributed by atoms with Crippen LogP contribution in [-0.2, 0) is 10.0 Å². The van der Waals surface area contributed by atoms with Gasteiger partial charge >= 0.3 is 0 Å². The highest BCUT2D eigenvalue weighted by atomic mass is 32.2. The van der Waals surface area contributed by atoms with E-state index in [0.29, 0.717) is 16.9 Å². The van der Waals surface area contributed by atoms with Crippen LogP contribution in [-0.4, -0.2) is 26.7 Å². The van der Waals surface area contributed by atoms with Gasteiger partial charge in [0.05, 0.1) is 34.8 Å². The van der Waals surface area contributed by atoms with E-state index >= 15 is 0 Å². The summed E-state index contributed by atoms with van der Waals surface area (Å²) in [6.45, 7) is 0. The summed E-state index contributed by atoms with van der Waals surface area (Å²) in [5.41, 5.74) is 3.54. The lowest BCUT2D eigenvalue weighted by Crippen LogP contribution is -2.13. The van der Waals surface area contributed by atoms with Gasteiger partial charge in [-0.2, -0.15) is 10.4 Å². The molecule has 3 aromatic carbocycles. The number of hydrazone groups is 1. The van der Waals surface area contributed by atoms with Gasteiger partial charge in [0.1, 0.15) is 11.4 Å². The highest BCUT2D eigenvalue weighted by Crippen LogP contribution is 2.29. The standard InChI is InChI=1S/C21H17N5O5S/c1-31-18-8-6-17(7-9-18)25-32(29,30)19-10-11-20(21(12-19)26(27)28)24-23-14-16-4-2-15(13-22)3-5-16/h2-12,14,24-25H,1H3. The third kappa shape index (κ3) is 5.38. The van der Waals surface area contributed by atoms with E-state index in [2.05, 4.69) is 15.2 Å². The maximum atomic E-state index is 12.7. The molecule has 32 heavy (non-hydrogen) atoms. The normalized spacial score (nSPS) is 11.0. The Balaban J connectivity index is 1.80. The van der Waals surface area contributed by atoms with Gasteiger partial charge in [-0.05, 0) is 54.1 Å². The molecular formula is C21H17N5O5S. The Morgan fingerprint density at radius 3 is 2.38 bits per heavy atom. The molecule has 0 aromatic heterocycles. The number of nitrogens with zero attached hydrogens (tertiary/aromatic N) is 3. The maximum absolute atomic E-state index is 12.7. The van der Waals surface area contributed by atoms with Gasteiger partial charge in [-0.25, -0.2) is 8.42 Å². The molecule has 3 rings (SSSR count). The zero-order chi connectivity index (χ0) is 23.1. The van der Waals surface area contributed by atoms with E-state index in [1.54, 1.807) is 36.4 Å². The Hall–Kier alpha value is -4.43. The Kier molecular flexibility index (Phi) is 6.67. The molecule has 3 aromatic rings. The zero-order valence-electron chi connectivity index (χ0n) is 16.7. The van der Waals surface area contributed by atoms with Crippen molar-refractivity contribution in [2.75, 3.05) is 17.3 Å². The van der Waals surface area contributed by atoms with E-state index in [4.69, 9.17) is 10.00 Å². The van der Waals surface area contributed by atoms with E-state index in [9.17, 15) is 18.5 Å². The summed E-state index contributed by atoms with van der Waals surface area (Å²) < 4.78 is 32.7. The lowest BCUT2D eigenvalue weighted by atomic mass is 10.2. The summed E-state index contributed by atoms with van der Waals surface area (Å²) in [5, 5.41) is 24.2. The number of hydrogen-bond acceptors (Lipinski definition) is 8. The molecule has 0 bridgehead atoms. The molecule has 0 unspecified atom stereocenters. The molecule has 0 saturated heterocycles. The third-order valence-electron chi connectivity index (χ3n) is 4.26. The molecule has 162 valence electrons. The third-order valence-corrected chi connectivity index (χ3v) is 5.64. The van der Waals surface area contributed by atoms with Crippen molar-refractivity contribution in [1.29, 1.82) is 5.26 Å². The van der Waals surface area contributed by atoms with Crippen LogP contribution in [0.4, 0.5) is 17.1 Å². The SMILES string of the molecule is COc1ccc(NS(=O)(=O)c2ccc(NN=Cc3ccc(C#N)cc3)c([N+](=O)[O-])c2)cc1. The Morgan fingerprint density at radius 1 is 1.09 bits per heavy atom. The summed E-state index contributed by atoms with van der Waals surface area (Å²) in [6.07, 6.45) is 1.42. The van der Waals surface area contributed by atoms with Crippen molar-refractivity contribution >= 4 is 33.3 Å². The first kappa shape index (κ1) is 22.3. The summed E-state index contributed by atoms with van der Waals surface area (Å²) in [4.78, 5) is 10.5. The van der Waals surface area contributed by atoms with Gasteiger partial charge in [-0.1, -0.05) is 12.1 Å². The fourth-order valence-corrected chi connectivity index (χ4v) is 3.70. The van der Waals surface area contributed by atoms with Gasteiger partial charge in [-0.3, -0.25) is 20.3 Å². The number of hydrogen-bond donors (Lipinski definition) is 2. The van der Waals surface area contributed by atoms with E-state index in [1.807, 2.05) is 6.07 Å². The Morgan fingerprint density at radius 2 is 1.78 bits per heavy atom. The number of benzene rings is 3. The smallest absolute Gasteiger partial charge is 0.295 e. The number of nitro groups is 1. The first-order valence-corrected chi connectivity index (χ1v) is 10.6. The van der Waals surface area contributed by atoms with Gasteiger partial charge in [0, 0.05) is 11.8 Å². The van der Waals surface area contributed by atoms with Crippen LogP contribution in [0, 0.1) is 21.4 Å². The van der Waals surface area contributed by atoms with Gasteiger partial charge in [0.15, 0.2) is 0 Å². The molecule has 0 fully saturated rings. The van der Waals surface area contributed by atoms with E-state index in [1.165, 1.54) is 37.6 Å². The van der Waals surface area contributed by atoms with Crippen molar-refractivity contribution in [3.63, 3.8) is 0 Å². The highest BCUT2D eigenvalue weighted by molar-refractivity contribution is 7.92. The minimum Gasteiger partial charge on any atom is -0.497 e. The predicted octanol–water partition coefficient (Wildman–Crippen LogP) is 3.72. The number of rotatable bonds is 8. The molecule has 2 N–H and O–H groups in total. The van der Waals surface area contributed by atoms with Gasteiger partial charge in [-0.15, -0.1) is 0 Å². The van der Waals surface area contributed by atoms with Crippen molar-refractivity contribution in [2.24, 2.45) is 5.10 Å². The first-order chi connectivity index (χ1) is 15.3. The largest absolute Gasteiger partial charge is 0.497 e. The van der Waals surface area contributed by atoms with Crippen molar-refractivity contribution in [1.82, 2.24) is 0 Å². The monoisotopic (exact) mass is 451 g/mol. The molecule has 0 atom stereocenters. The number of sulfonamides is 1. The Bertz CT molecular complexity index is 1300. The van der Waals surface area contributed by atoms with Crippen molar-refractivity contribution < 1.29 is 18.1 Å². The molecule has 0 spiro atoms. The van der Waals surface area contributed by atoms with Crippen LogP contribution < -0.4 is 14.9 Å². The molecule has 0 heterocycles. The average molecular weight is 451 g/mol. The maximum Gasteiger partial charge on any atom is 0.295 e. The molecule has 11 heteroatoms. The van der Waals surface area contributed by atoms with Crippen LogP contribution in [0.1, 0.15) is 11.1 Å². The minimum atomic E-state index is -4.06. The van der Waals surface area contributed by atoms with Crippen molar-refractivity contribution in [2.45, 2.75) is 4.90 Å². The second kappa shape index (κ2) is 9.59. The number of nitriles is 1. The topological polar surface area (TPSA) is 147 Å². The fraction of sp³-hybridized carbons (Fsp3) is 0.0476. The van der Waals surface area contributed by atoms with Crippen LogP contribution in [0.3, 0.4) is 0 Å². The van der Waals surface area contributed by atoms with Crippen molar-refractivity contribution in [3.8, 4) is 11.8 Å². The Labute approximate surface area is 184 Å². The quantitative estimate of drug-likeness (QED) is 0.301. The van der Waals surface area contributed by atoms with Crippen LogP contribution in [0.15, 0.2) is 76.7 Å². The number of ether oxygens (including phenoxy) is 1. The molecule has 0 aliphatic rings. The zero-order valence-corrected chi connectivity index (χ0v) is 17.5. The van der Waals surface area contributed by atoms with Gasteiger partial charge in [0.2, 0.25) is 0 Å². The molecule has 0 saturated carbocycles. The van der Waals surface area contributed by atoms with Gasteiger partial charge in [0.25, 0.3) is 15.7 Å². The second-order valence-corrected chi connectivity index (χ2v) is 8.06. The molecule has 0 amide bonds. The average Bonchev–Trinajstić information content (AvgIpc) is 2.79. The second-order valence-electron chi connectivity index (χ2n) is 6.37. The molecule has 0 radical (unpaired) electrons. The molecular weight excluding hydrogens is 434 g/mol. The molecule has 0 aliphatic heterocycles.